The normalized spacial score (nSPS) is 21.8. The zero-order chi connectivity index (χ0) is 8.55. The molecule has 0 amide bonds. The van der Waals surface area contributed by atoms with Crippen molar-refractivity contribution in [1.29, 1.82) is 0 Å². The van der Waals surface area contributed by atoms with Crippen molar-refractivity contribution >= 4 is 5.97 Å². The van der Waals surface area contributed by atoms with Crippen LogP contribution in [0.1, 0.15) is 24.7 Å². The van der Waals surface area contributed by atoms with Gasteiger partial charge in [-0.05, 0) is 23.3 Å². The van der Waals surface area contributed by atoms with E-state index in [1.54, 1.807) is 0 Å². The molecule has 0 aliphatic carbocycles. The number of hydrogen-bond acceptors (Lipinski definition) is 4. The van der Waals surface area contributed by atoms with Crippen molar-refractivity contribution < 1.29 is 9.90 Å². The monoisotopic (exact) mass is 168 g/mol. The highest BCUT2D eigenvalue weighted by molar-refractivity contribution is 5.71. The van der Waals surface area contributed by atoms with Crippen molar-refractivity contribution in [1.82, 2.24) is 20.2 Å². The first-order chi connectivity index (χ1) is 5.79. The van der Waals surface area contributed by atoms with E-state index in [0.717, 1.165) is 12.8 Å². The molecule has 6 heteroatoms. The molecule has 1 aromatic rings. The summed E-state index contributed by atoms with van der Waals surface area (Å²) >= 11 is 0. The van der Waals surface area contributed by atoms with Gasteiger partial charge in [0.1, 0.15) is 0 Å². The van der Waals surface area contributed by atoms with Crippen molar-refractivity contribution in [2.24, 2.45) is 0 Å². The predicted molar refractivity (Wildman–Crippen MR) is 37.4 cm³/mol. The predicted octanol–water partition coefficient (Wildman–Crippen LogP) is -0.365. The van der Waals surface area contributed by atoms with Gasteiger partial charge < -0.3 is 5.11 Å². The fourth-order valence-electron chi connectivity index (χ4n) is 1.42. The molecular weight excluding hydrogens is 160 g/mol. The number of hydrogen-bond donors (Lipinski definition) is 1. The summed E-state index contributed by atoms with van der Waals surface area (Å²) in [6, 6.07) is -0.566. The Labute approximate surface area is 68.2 Å². The molecule has 12 heavy (non-hydrogen) atoms. The first-order valence-corrected chi connectivity index (χ1v) is 3.78. The number of fused-ring (bicyclic) bond motifs is 1. The van der Waals surface area contributed by atoms with Crippen LogP contribution in [0.15, 0.2) is 0 Å². The fraction of sp³-hybridized carbons (Fsp3) is 0.667. The summed E-state index contributed by atoms with van der Waals surface area (Å²) in [5.74, 6) is -0.183. The molecular formula is C6H8N4O2. The van der Waals surface area contributed by atoms with Crippen molar-refractivity contribution in [2.45, 2.75) is 25.3 Å². The van der Waals surface area contributed by atoms with Gasteiger partial charge in [0.25, 0.3) is 0 Å². The second-order valence-corrected chi connectivity index (χ2v) is 2.79. The largest absolute Gasteiger partial charge is 0.480 e. The smallest absolute Gasteiger partial charge is 0.328 e. The minimum absolute atomic E-state index is 0.566. The van der Waals surface area contributed by atoms with Crippen LogP contribution in [0.3, 0.4) is 0 Å². The van der Waals surface area contributed by atoms with E-state index in [9.17, 15) is 4.79 Å². The molecule has 2 heterocycles. The van der Waals surface area contributed by atoms with Gasteiger partial charge in [0, 0.05) is 6.42 Å². The average Bonchev–Trinajstić information content (AvgIpc) is 2.49. The van der Waals surface area contributed by atoms with Crippen LogP contribution >= 0.6 is 0 Å². The molecule has 64 valence electrons. The topological polar surface area (TPSA) is 80.9 Å². The molecule has 6 nitrogen and oxygen atoms in total. The summed E-state index contributed by atoms with van der Waals surface area (Å²) < 4.78 is 1.39. The zero-order valence-electron chi connectivity index (χ0n) is 6.34. The summed E-state index contributed by atoms with van der Waals surface area (Å²) in [4.78, 5) is 10.7. The Morgan fingerprint density at radius 2 is 2.50 bits per heavy atom. The van der Waals surface area contributed by atoms with Crippen LogP contribution in [0.4, 0.5) is 0 Å². The number of aromatic nitrogens is 4. The molecule has 2 rings (SSSR count). The molecule has 0 fully saturated rings. The third-order valence-corrected chi connectivity index (χ3v) is 2.02. The standard InChI is InChI=1S/C6H8N4O2/c11-6(12)4-2-1-3-5-7-8-9-10(4)5/h4H,1-3H2,(H,11,12). The van der Waals surface area contributed by atoms with Crippen molar-refractivity contribution in [3.8, 4) is 0 Å². The van der Waals surface area contributed by atoms with E-state index in [0.29, 0.717) is 12.2 Å². The lowest BCUT2D eigenvalue weighted by atomic mass is 10.1. The van der Waals surface area contributed by atoms with Gasteiger partial charge in [-0.2, -0.15) is 0 Å². The molecule has 1 aromatic heterocycles. The number of carboxylic acids is 1. The maximum atomic E-state index is 10.7. The minimum Gasteiger partial charge on any atom is -0.480 e. The summed E-state index contributed by atoms with van der Waals surface area (Å²) in [5, 5.41) is 19.6. The highest BCUT2D eigenvalue weighted by Gasteiger charge is 2.27. The Morgan fingerprint density at radius 3 is 3.25 bits per heavy atom. The van der Waals surface area contributed by atoms with E-state index in [-0.39, 0.29) is 0 Å². The molecule has 0 aromatic carbocycles. The van der Waals surface area contributed by atoms with E-state index in [1.807, 2.05) is 0 Å². The molecule has 0 bridgehead atoms. The van der Waals surface area contributed by atoms with Gasteiger partial charge >= 0.3 is 5.97 Å². The van der Waals surface area contributed by atoms with E-state index in [1.165, 1.54) is 4.68 Å². The molecule has 1 atom stereocenters. The Hall–Kier alpha value is -1.46. The zero-order valence-corrected chi connectivity index (χ0v) is 6.34. The lowest BCUT2D eigenvalue weighted by Gasteiger charge is -2.17. The molecule has 1 aliphatic heterocycles. The Morgan fingerprint density at radius 1 is 1.67 bits per heavy atom. The van der Waals surface area contributed by atoms with Gasteiger partial charge in [-0.25, -0.2) is 9.48 Å². The van der Waals surface area contributed by atoms with Crippen LogP contribution in [-0.2, 0) is 11.2 Å². The SMILES string of the molecule is O=C(O)C1CCCc2nnnn21. The quantitative estimate of drug-likeness (QED) is 0.619. The van der Waals surface area contributed by atoms with Crippen LogP contribution in [0, 0.1) is 0 Å². The van der Waals surface area contributed by atoms with Gasteiger partial charge in [-0.15, -0.1) is 5.10 Å². The van der Waals surface area contributed by atoms with Crippen LogP contribution in [0.5, 0.6) is 0 Å². The third kappa shape index (κ3) is 0.956. The van der Waals surface area contributed by atoms with E-state index in [2.05, 4.69) is 15.5 Å². The lowest BCUT2D eigenvalue weighted by molar-refractivity contribution is -0.141. The van der Waals surface area contributed by atoms with Crippen LogP contribution < -0.4 is 0 Å². The Kier molecular flexibility index (Phi) is 1.53. The molecule has 1 N–H and O–H groups in total. The number of aliphatic carboxylic acids is 1. The molecule has 0 saturated heterocycles. The highest BCUT2D eigenvalue weighted by atomic mass is 16.4. The number of carbonyl (C=O) groups is 1. The molecule has 1 aliphatic rings. The molecule has 0 radical (unpaired) electrons. The molecule has 0 spiro atoms. The average molecular weight is 168 g/mol. The second kappa shape index (κ2) is 2.54. The maximum Gasteiger partial charge on any atom is 0.328 e. The first kappa shape index (κ1) is 7.20. The van der Waals surface area contributed by atoms with Crippen LogP contribution in [0.25, 0.3) is 0 Å². The van der Waals surface area contributed by atoms with Crippen molar-refractivity contribution in [2.75, 3.05) is 0 Å². The summed E-state index contributed by atoms with van der Waals surface area (Å²) in [6.45, 7) is 0. The second-order valence-electron chi connectivity index (χ2n) is 2.79. The maximum absolute atomic E-state index is 10.7. The number of carboxylic acid groups (broad SMARTS) is 1. The van der Waals surface area contributed by atoms with Gasteiger partial charge in [0.15, 0.2) is 11.9 Å². The Balaban J connectivity index is 2.37. The van der Waals surface area contributed by atoms with E-state index in [4.69, 9.17) is 5.11 Å². The van der Waals surface area contributed by atoms with Crippen molar-refractivity contribution in [3.63, 3.8) is 0 Å². The van der Waals surface area contributed by atoms with Gasteiger partial charge in [-0.1, -0.05) is 0 Å². The molecule has 0 saturated carbocycles. The van der Waals surface area contributed by atoms with Gasteiger partial charge in [0.2, 0.25) is 0 Å². The number of nitrogens with zero attached hydrogens (tertiary/aromatic N) is 4. The summed E-state index contributed by atoms with van der Waals surface area (Å²) in [6.07, 6.45) is 2.24. The first-order valence-electron chi connectivity index (χ1n) is 3.78. The van der Waals surface area contributed by atoms with Gasteiger partial charge in [-0.3, -0.25) is 0 Å². The van der Waals surface area contributed by atoms with Crippen molar-refractivity contribution in [3.05, 3.63) is 5.82 Å². The van der Waals surface area contributed by atoms with Gasteiger partial charge in [0.05, 0.1) is 0 Å². The van der Waals surface area contributed by atoms with Crippen LogP contribution in [0.2, 0.25) is 0 Å². The minimum atomic E-state index is -0.858. The summed E-state index contributed by atoms with van der Waals surface area (Å²) in [5.41, 5.74) is 0. The lowest BCUT2D eigenvalue weighted by Crippen LogP contribution is -2.25. The summed E-state index contributed by atoms with van der Waals surface area (Å²) in [7, 11) is 0. The fourth-order valence-corrected chi connectivity index (χ4v) is 1.42. The van der Waals surface area contributed by atoms with E-state index < -0.39 is 12.0 Å². The highest BCUT2D eigenvalue weighted by Crippen LogP contribution is 2.21. The molecule has 1 unspecified atom stereocenters. The van der Waals surface area contributed by atoms with Crippen LogP contribution in [-0.4, -0.2) is 31.3 Å². The van der Waals surface area contributed by atoms with E-state index >= 15 is 0 Å². The number of rotatable bonds is 1. The number of aryl methyl sites for hydroxylation is 1. The number of tetrazole rings is 1. The third-order valence-electron chi connectivity index (χ3n) is 2.02. The Bertz CT molecular complexity index is 308.